The van der Waals surface area contributed by atoms with E-state index in [1.807, 2.05) is 25.1 Å². The first kappa shape index (κ1) is 32.6. The number of benzene rings is 3. The normalized spacial score (nSPS) is 13.5. The molecule has 1 atom stereocenters. The lowest BCUT2D eigenvalue weighted by molar-refractivity contribution is -0.152. The minimum absolute atomic E-state index is 0.116. The number of anilines is 2. The van der Waals surface area contributed by atoms with Crippen LogP contribution in [0.25, 0.3) is 10.9 Å². The molecule has 0 saturated carbocycles. The Labute approximate surface area is 266 Å². The molecule has 3 aromatic carbocycles. The fraction of sp³-hybridized carbons (Fsp3) is 0.324. The monoisotopic (exact) mass is 632 g/mol. The summed E-state index contributed by atoms with van der Waals surface area (Å²) in [5, 5.41) is 16.6. The summed E-state index contributed by atoms with van der Waals surface area (Å²) in [5.74, 6) is -0.00774. The predicted molar refractivity (Wildman–Crippen MR) is 170 cm³/mol. The Balaban J connectivity index is 1.12. The molecule has 2 heterocycles. The van der Waals surface area contributed by atoms with Gasteiger partial charge in [-0.3, -0.25) is 19.4 Å². The molecule has 1 unspecified atom stereocenters. The number of aliphatic hydroxyl groups is 1. The van der Waals surface area contributed by atoms with E-state index in [0.29, 0.717) is 72.7 Å². The second-order valence-electron chi connectivity index (χ2n) is 11.0. The molecule has 0 aliphatic carbocycles. The second-order valence-corrected chi connectivity index (χ2v) is 11.0. The molecule has 1 aliphatic rings. The Bertz CT molecular complexity index is 1660. The number of hydrogen-bond donors (Lipinski definition) is 4. The number of carbonyl (C=O) groups is 2. The van der Waals surface area contributed by atoms with Gasteiger partial charge in [-0.15, -0.1) is 0 Å². The highest BCUT2D eigenvalue weighted by molar-refractivity contribution is 6.01. The van der Waals surface area contributed by atoms with Crippen LogP contribution < -0.4 is 25.6 Å². The van der Waals surface area contributed by atoms with Gasteiger partial charge in [-0.2, -0.15) is 0 Å². The largest absolute Gasteiger partial charge is 0.496 e. The van der Waals surface area contributed by atoms with Crippen molar-refractivity contribution < 1.29 is 38.1 Å². The lowest BCUT2D eigenvalue weighted by Crippen LogP contribution is -2.41. The van der Waals surface area contributed by atoms with E-state index < -0.39 is 12.1 Å². The number of rotatable bonds is 15. The number of ether oxygens (including phenoxy) is 3. The summed E-state index contributed by atoms with van der Waals surface area (Å²) in [4.78, 5) is 35.2. The highest BCUT2D eigenvalue weighted by Crippen LogP contribution is 2.31. The van der Waals surface area contributed by atoms with Gasteiger partial charge in [0.05, 0.1) is 31.4 Å². The Kier molecular flexibility index (Phi) is 11.0. The van der Waals surface area contributed by atoms with Gasteiger partial charge in [0.15, 0.2) is 0 Å². The zero-order chi connectivity index (χ0) is 32.5. The molecular weight excluding hydrogens is 595 g/mol. The van der Waals surface area contributed by atoms with Crippen LogP contribution in [-0.4, -0.2) is 54.6 Å². The summed E-state index contributed by atoms with van der Waals surface area (Å²) < 4.78 is 29.7. The zero-order valence-corrected chi connectivity index (χ0v) is 25.7. The summed E-state index contributed by atoms with van der Waals surface area (Å²) in [7, 11) is 1.48. The van der Waals surface area contributed by atoms with Gasteiger partial charge < -0.3 is 30.0 Å². The molecule has 11 nitrogen and oxygen atoms in total. The predicted octanol–water partition coefficient (Wildman–Crippen LogP) is 5.26. The average Bonchev–Trinajstić information content (AvgIpc) is 3.02. The molecule has 1 aromatic heterocycles. The molecule has 12 heteroatoms. The maximum Gasteiger partial charge on any atom is 0.278 e. The number of amides is 2. The van der Waals surface area contributed by atoms with Gasteiger partial charge in [-0.25, -0.2) is 9.87 Å². The molecular formula is C34H37FN4O7. The number of aryl methyl sites for hydroxylation is 1. The van der Waals surface area contributed by atoms with Gasteiger partial charge in [-0.1, -0.05) is 6.07 Å². The number of hydroxylamine groups is 1. The number of hydrogen-bond acceptors (Lipinski definition) is 9. The van der Waals surface area contributed by atoms with Gasteiger partial charge in [-0.05, 0) is 85.8 Å². The highest BCUT2D eigenvalue weighted by Gasteiger charge is 2.22. The number of aromatic nitrogens is 1. The third-order valence-electron chi connectivity index (χ3n) is 7.51. The summed E-state index contributed by atoms with van der Waals surface area (Å²) >= 11 is 0. The first-order chi connectivity index (χ1) is 22.3. The highest BCUT2D eigenvalue weighted by atomic mass is 19.1. The maximum atomic E-state index is 13.0. The topological polar surface area (TPSA) is 140 Å². The van der Waals surface area contributed by atoms with Crippen molar-refractivity contribution in [3.63, 3.8) is 0 Å². The first-order valence-electron chi connectivity index (χ1n) is 15.0. The van der Waals surface area contributed by atoms with Crippen molar-refractivity contribution >= 4 is 34.1 Å². The molecule has 2 amide bonds. The number of pyridine rings is 1. The molecule has 0 radical (unpaired) electrons. The summed E-state index contributed by atoms with van der Waals surface area (Å²) in [6.07, 6.45) is 2.69. The van der Waals surface area contributed by atoms with Gasteiger partial charge in [0.1, 0.15) is 36.3 Å². The molecule has 5 rings (SSSR count). The van der Waals surface area contributed by atoms with Gasteiger partial charge in [0.2, 0.25) is 5.91 Å². The van der Waals surface area contributed by atoms with E-state index in [1.165, 1.54) is 19.2 Å². The third kappa shape index (κ3) is 8.68. The van der Waals surface area contributed by atoms with Crippen LogP contribution >= 0.6 is 0 Å². The van der Waals surface area contributed by atoms with Crippen LogP contribution in [0.1, 0.15) is 47.2 Å². The van der Waals surface area contributed by atoms with Crippen molar-refractivity contribution in [3.05, 3.63) is 89.4 Å². The molecule has 4 aromatic rings. The molecule has 0 spiro atoms. The van der Waals surface area contributed by atoms with Gasteiger partial charge >= 0.3 is 0 Å². The first-order valence-corrected chi connectivity index (χ1v) is 15.0. The standard InChI is InChI=1S/C34H37FN4O7/c1-21-15-25(38-33(41)6-4-3-5-32(40)37-24-11-8-23(35)9-12-24)10-7-22(21)18-45-30-13-14-36-29-17-31(43-2)28(16-27(29)30)34(42)39-46-26-19-44-20-26/h7-17,26,32,37,40H,3-6,18-20H2,1-2H3,(H,38,41)(H,39,42). The van der Waals surface area contributed by atoms with E-state index in [0.717, 1.165) is 11.1 Å². The van der Waals surface area contributed by atoms with Crippen molar-refractivity contribution in [2.24, 2.45) is 0 Å². The Morgan fingerprint density at radius 2 is 1.83 bits per heavy atom. The number of aliphatic hydroxyl groups excluding tert-OH is 1. The molecule has 1 fully saturated rings. The van der Waals surface area contributed by atoms with E-state index in [2.05, 4.69) is 21.1 Å². The van der Waals surface area contributed by atoms with E-state index >= 15 is 0 Å². The summed E-state index contributed by atoms with van der Waals surface area (Å²) in [6, 6.07) is 16.5. The van der Waals surface area contributed by atoms with Crippen molar-refractivity contribution in [2.45, 2.75) is 51.5 Å². The quantitative estimate of drug-likeness (QED) is 0.0785. The van der Waals surface area contributed by atoms with Crippen LogP contribution in [0.15, 0.2) is 66.9 Å². The van der Waals surface area contributed by atoms with E-state index in [9.17, 15) is 19.1 Å². The lowest BCUT2D eigenvalue weighted by atomic mass is 10.1. The molecule has 46 heavy (non-hydrogen) atoms. The van der Waals surface area contributed by atoms with Crippen LogP contribution in [0, 0.1) is 12.7 Å². The smallest absolute Gasteiger partial charge is 0.278 e. The van der Waals surface area contributed by atoms with Crippen LogP contribution in [0.3, 0.4) is 0 Å². The number of nitrogens with zero attached hydrogens (tertiary/aromatic N) is 1. The van der Waals surface area contributed by atoms with Crippen molar-refractivity contribution in [1.82, 2.24) is 10.5 Å². The number of nitrogens with one attached hydrogen (secondary N) is 3. The fourth-order valence-electron chi connectivity index (χ4n) is 4.84. The van der Waals surface area contributed by atoms with Crippen molar-refractivity contribution in [1.29, 1.82) is 0 Å². The van der Waals surface area contributed by atoms with E-state index in [1.54, 1.807) is 36.5 Å². The summed E-state index contributed by atoms with van der Waals surface area (Å²) in [5.41, 5.74) is 6.51. The zero-order valence-electron chi connectivity index (χ0n) is 25.7. The number of halogens is 1. The number of unbranched alkanes of at least 4 members (excludes halogenated alkanes) is 1. The van der Waals surface area contributed by atoms with Crippen molar-refractivity contribution in [3.8, 4) is 11.5 Å². The Morgan fingerprint density at radius 1 is 1.04 bits per heavy atom. The second kappa shape index (κ2) is 15.5. The van der Waals surface area contributed by atoms with Crippen LogP contribution in [-0.2, 0) is 21.0 Å². The lowest BCUT2D eigenvalue weighted by Gasteiger charge is -2.25. The third-order valence-corrected chi connectivity index (χ3v) is 7.51. The fourth-order valence-corrected chi connectivity index (χ4v) is 4.84. The summed E-state index contributed by atoms with van der Waals surface area (Å²) in [6.45, 7) is 3.05. The number of methoxy groups -OCH3 is 1. The van der Waals surface area contributed by atoms with Crippen LogP contribution in [0.2, 0.25) is 0 Å². The molecule has 1 aliphatic heterocycles. The Morgan fingerprint density at radius 3 is 2.54 bits per heavy atom. The minimum Gasteiger partial charge on any atom is -0.496 e. The van der Waals surface area contributed by atoms with E-state index in [-0.39, 0.29) is 30.0 Å². The number of fused-ring (bicyclic) bond motifs is 1. The molecule has 4 N–H and O–H groups in total. The Hall–Kier alpha value is -4.78. The molecule has 242 valence electrons. The average molecular weight is 633 g/mol. The number of carbonyl (C=O) groups excluding carboxylic acids is 2. The van der Waals surface area contributed by atoms with Crippen molar-refractivity contribution in [2.75, 3.05) is 31.0 Å². The van der Waals surface area contributed by atoms with Crippen LogP contribution in [0.5, 0.6) is 11.5 Å². The molecule has 1 saturated heterocycles. The van der Waals surface area contributed by atoms with Crippen LogP contribution in [0.4, 0.5) is 15.8 Å². The van der Waals surface area contributed by atoms with Gasteiger partial charge in [0, 0.05) is 35.4 Å². The minimum atomic E-state index is -0.785. The van der Waals surface area contributed by atoms with Gasteiger partial charge in [0.25, 0.3) is 5.91 Å². The SMILES string of the molecule is COc1cc2nccc(OCc3ccc(NC(=O)CCCCC(O)Nc4ccc(F)cc4)cc3C)c2cc1C(=O)NOC1COC1. The van der Waals surface area contributed by atoms with E-state index in [4.69, 9.17) is 19.0 Å². The maximum absolute atomic E-state index is 13.0. The molecule has 0 bridgehead atoms.